The molecule has 0 heterocycles. The van der Waals surface area contributed by atoms with E-state index in [0.717, 1.165) is 24.7 Å². The van der Waals surface area contributed by atoms with E-state index in [-0.39, 0.29) is 12.5 Å². The largest absolute Gasteiger partial charge is 0.390 e. The molecule has 4 aliphatic carbocycles. The molecule has 0 spiro atoms. The number of unbranched alkanes of at least 4 members (excludes halogenated alkanes) is 3. The molecule has 4 bridgehead atoms. The number of urea groups is 1. The van der Waals surface area contributed by atoms with Crippen LogP contribution in [0, 0.1) is 23.7 Å². The number of hydrogen-bond donors (Lipinski definition) is 3. The van der Waals surface area contributed by atoms with Crippen molar-refractivity contribution in [3.63, 3.8) is 0 Å². The molecular weight excluding hydrogens is 326 g/mol. The van der Waals surface area contributed by atoms with Crippen LogP contribution < -0.4 is 10.6 Å². The van der Waals surface area contributed by atoms with Crippen LogP contribution in [0.3, 0.4) is 0 Å². The van der Waals surface area contributed by atoms with E-state index in [0.29, 0.717) is 37.3 Å². The summed E-state index contributed by atoms with van der Waals surface area (Å²) in [6.45, 7) is -0.477. The number of carbonyl (C=O) groups is 1. The van der Waals surface area contributed by atoms with E-state index in [1.165, 1.54) is 32.1 Å². The summed E-state index contributed by atoms with van der Waals surface area (Å²) in [6.07, 6.45) is 9.04. The molecule has 4 rings (SSSR count). The molecule has 3 N–H and O–H groups in total. The molecule has 0 saturated heterocycles. The first-order chi connectivity index (χ1) is 12.0. The van der Waals surface area contributed by atoms with Gasteiger partial charge in [-0.15, -0.1) is 0 Å². The van der Waals surface area contributed by atoms with E-state index >= 15 is 0 Å². The van der Waals surface area contributed by atoms with E-state index in [4.69, 9.17) is 5.11 Å². The van der Waals surface area contributed by atoms with Crippen LogP contribution in [0.2, 0.25) is 0 Å². The maximum atomic E-state index is 12.9. The molecule has 4 aliphatic rings. The molecular formula is C19H32F2N2O2. The van der Waals surface area contributed by atoms with E-state index in [1.807, 2.05) is 0 Å². The summed E-state index contributed by atoms with van der Waals surface area (Å²) < 4.78 is 25.7. The highest BCUT2D eigenvalue weighted by atomic mass is 19.3. The Morgan fingerprint density at radius 1 is 0.960 bits per heavy atom. The zero-order chi connectivity index (χ0) is 17.9. The van der Waals surface area contributed by atoms with Crippen molar-refractivity contribution in [2.24, 2.45) is 23.7 Å². The maximum absolute atomic E-state index is 12.9. The first kappa shape index (κ1) is 18.9. The van der Waals surface area contributed by atoms with Gasteiger partial charge in [-0.3, -0.25) is 0 Å². The van der Waals surface area contributed by atoms with Crippen LogP contribution in [0.5, 0.6) is 0 Å². The average molecular weight is 358 g/mol. The molecule has 0 aromatic carbocycles. The maximum Gasteiger partial charge on any atom is 0.315 e. The Morgan fingerprint density at radius 2 is 1.56 bits per heavy atom. The number of aliphatic hydroxyl groups excluding tert-OH is 1. The Morgan fingerprint density at radius 3 is 2.16 bits per heavy atom. The standard InChI is InChI=1S/C19H32F2N2O2/c20-19(21,12-24)5-3-1-2-4-6-22-18(25)23-17-15-8-13-7-14(10-15)11-16(17)9-13/h13-17,24H,1-12H2,(H2,22,23,25). The van der Waals surface area contributed by atoms with Crippen molar-refractivity contribution in [2.75, 3.05) is 13.2 Å². The molecule has 4 saturated carbocycles. The number of carbonyl (C=O) groups excluding carboxylic acids is 1. The lowest BCUT2D eigenvalue weighted by Crippen LogP contribution is -2.57. The number of amides is 2. The molecule has 2 amide bonds. The second-order valence-electron chi connectivity index (χ2n) is 8.54. The van der Waals surface area contributed by atoms with Gasteiger partial charge in [0.15, 0.2) is 0 Å². The van der Waals surface area contributed by atoms with E-state index in [1.54, 1.807) is 0 Å². The third kappa shape index (κ3) is 5.05. The predicted molar refractivity (Wildman–Crippen MR) is 92.5 cm³/mol. The highest BCUT2D eigenvalue weighted by Gasteiger charge is 2.48. The summed E-state index contributed by atoms with van der Waals surface area (Å²) in [5.74, 6) is 0.214. The van der Waals surface area contributed by atoms with Crippen molar-refractivity contribution in [1.82, 2.24) is 10.6 Å². The Bertz CT molecular complexity index is 431. The number of halogens is 2. The summed E-state index contributed by atoms with van der Waals surface area (Å²) in [6, 6.07) is 0.290. The highest BCUT2D eigenvalue weighted by Crippen LogP contribution is 2.53. The van der Waals surface area contributed by atoms with Crippen LogP contribution in [-0.4, -0.2) is 36.3 Å². The average Bonchev–Trinajstić information content (AvgIpc) is 2.56. The van der Waals surface area contributed by atoms with Crippen molar-refractivity contribution in [1.29, 1.82) is 0 Å². The second kappa shape index (κ2) is 8.19. The summed E-state index contributed by atoms with van der Waals surface area (Å²) in [4.78, 5) is 12.1. The van der Waals surface area contributed by atoms with Crippen molar-refractivity contribution >= 4 is 6.03 Å². The van der Waals surface area contributed by atoms with Gasteiger partial charge in [-0.25, -0.2) is 13.6 Å². The molecule has 25 heavy (non-hydrogen) atoms. The van der Waals surface area contributed by atoms with Crippen LogP contribution in [0.4, 0.5) is 13.6 Å². The van der Waals surface area contributed by atoms with Crippen molar-refractivity contribution in [2.45, 2.75) is 76.2 Å². The number of alkyl halides is 2. The molecule has 0 aromatic rings. The fourth-order valence-electron chi connectivity index (χ4n) is 5.51. The molecule has 144 valence electrons. The van der Waals surface area contributed by atoms with Crippen molar-refractivity contribution < 1.29 is 18.7 Å². The highest BCUT2D eigenvalue weighted by molar-refractivity contribution is 5.74. The van der Waals surface area contributed by atoms with Gasteiger partial charge in [0.1, 0.15) is 6.61 Å². The summed E-state index contributed by atoms with van der Waals surface area (Å²) in [5, 5.41) is 14.6. The Hall–Kier alpha value is -0.910. The van der Waals surface area contributed by atoms with Gasteiger partial charge >= 0.3 is 6.03 Å². The summed E-state index contributed by atoms with van der Waals surface area (Å²) in [7, 11) is 0. The van der Waals surface area contributed by atoms with Gasteiger partial charge in [0.25, 0.3) is 5.92 Å². The monoisotopic (exact) mass is 358 g/mol. The zero-order valence-electron chi connectivity index (χ0n) is 15.0. The minimum atomic E-state index is -2.95. The van der Waals surface area contributed by atoms with E-state index in [9.17, 15) is 13.6 Å². The SMILES string of the molecule is O=C(NCCCCCCC(F)(F)CO)NC1C2CC3CC(C2)CC1C3. The lowest BCUT2D eigenvalue weighted by Gasteiger charge is -2.54. The van der Waals surface area contributed by atoms with Gasteiger partial charge in [0.2, 0.25) is 0 Å². The van der Waals surface area contributed by atoms with E-state index in [2.05, 4.69) is 10.6 Å². The molecule has 0 unspecified atom stereocenters. The molecule has 0 aromatic heterocycles. The van der Waals surface area contributed by atoms with Crippen molar-refractivity contribution in [3.8, 4) is 0 Å². The third-order valence-electron chi connectivity index (χ3n) is 6.51. The van der Waals surface area contributed by atoms with Crippen molar-refractivity contribution in [3.05, 3.63) is 0 Å². The topological polar surface area (TPSA) is 61.4 Å². The molecule has 4 fully saturated rings. The normalized spacial score (nSPS) is 33.5. The number of aliphatic hydroxyl groups is 1. The number of hydrogen-bond acceptors (Lipinski definition) is 2. The molecule has 0 radical (unpaired) electrons. The van der Waals surface area contributed by atoms with Gasteiger partial charge < -0.3 is 15.7 Å². The number of nitrogens with one attached hydrogen (secondary N) is 2. The smallest absolute Gasteiger partial charge is 0.315 e. The Kier molecular flexibility index (Phi) is 6.18. The third-order valence-corrected chi connectivity index (χ3v) is 6.51. The van der Waals surface area contributed by atoms with Crippen LogP contribution >= 0.6 is 0 Å². The minimum Gasteiger partial charge on any atom is -0.390 e. The molecule has 6 heteroatoms. The Balaban J connectivity index is 1.25. The van der Waals surface area contributed by atoms with E-state index < -0.39 is 12.5 Å². The summed E-state index contributed by atoms with van der Waals surface area (Å²) >= 11 is 0. The van der Waals surface area contributed by atoms with Crippen LogP contribution in [0.25, 0.3) is 0 Å². The lowest BCUT2D eigenvalue weighted by atomic mass is 9.54. The quantitative estimate of drug-likeness (QED) is 0.551. The lowest BCUT2D eigenvalue weighted by molar-refractivity contribution is -0.0578. The van der Waals surface area contributed by atoms with Gasteiger partial charge in [-0.05, 0) is 68.6 Å². The minimum absolute atomic E-state index is 0.0655. The fourth-order valence-corrected chi connectivity index (χ4v) is 5.51. The number of rotatable bonds is 9. The van der Waals surface area contributed by atoms with Gasteiger partial charge in [0, 0.05) is 19.0 Å². The van der Waals surface area contributed by atoms with Crippen LogP contribution in [-0.2, 0) is 0 Å². The zero-order valence-corrected chi connectivity index (χ0v) is 15.0. The van der Waals surface area contributed by atoms with Gasteiger partial charge in [-0.1, -0.05) is 12.8 Å². The second-order valence-corrected chi connectivity index (χ2v) is 8.54. The fraction of sp³-hybridized carbons (Fsp3) is 0.947. The first-order valence-corrected chi connectivity index (χ1v) is 10.00. The van der Waals surface area contributed by atoms with Gasteiger partial charge in [0.05, 0.1) is 0 Å². The van der Waals surface area contributed by atoms with Crippen LogP contribution in [0.15, 0.2) is 0 Å². The first-order valence-electron chi connectivity index (χ1n) is 10.00. The molecule has 0 aliphatic heterocycles. The van der Waals surface area contributed by atoms with Gasteiger partial charge in [-0.2, -0.15) is 0 Å². The Labute approximate surface area is 149 Å². The predicted octanol–water partition coefficient (Wildman–Crippen LogP) is 3.69. The molecule has 4 nitrogen and oxygen atoms in total. The summed E-state index contributed by atoms with van der Waals surface area (Å²) in [5.41, 5.74) is 0. The molecule has 0 atom stereocenters. The van der Waals surface area contributed by atoms with Crippen LogP contribution in [0.1, 0.15) is 64.2 Å².